The van der Waals surface area contributed by atoms with Crippen LogP contribution in [0.3, 0.4) is 0 Å². The highest BCUT2D eigenvalue weighted by Gasteiger charge is 2.17. The number of nitrogens with one attached hydrogen (secondary N) is 3. The zero-order valence-electron chi connectivity index (χ0n) is 15.8. The van der Waals surface area contributed by atoms with Crippen LogP contribution >= 0.6 is 11.8 Å². The molecule has 3 aromatic rings. The fourth-order valence-electron chi connectivity index (χ4n) is 2.44. The number of aromatic nitrogens is 3. The number of nitrogens with zero attached hydrogens (tertiary/aromatic N) is 2. The molecular weight excluding hydrogens is 374 g/mol. The molecular formula is C20H21N5O2S. The Hall–Kier alpha value is -3.13. The Morgan fingerprint density at radius 2 is 1.61 bits per heavy atom. The molecule has 0 saturated heterocycles. The Morgan fingerprint density at radius 1 is 1.00 bits per heavy atom. The van der Waals surface area contributed by atoms with E-state index in [0.717, 1.165) is 5.56 Å². The van der Waals surface area contributed by atoms with Crippen LogP contribution < -0.4 is 10.6 Å². The summed E-state index contributed by atoms with van der Waals surface area (Å²) in [7, 11) is 0. The number of anilines is 2. The van der Waals surface area contributed by atoms with Gasteiger partial charge >= 0.3 is 0 Å². The first-order valence-electron chi connectivity index (χ1n) is 8.75. The van der Waals surface area contributed by atoms with Gasteiger partial charge in [0.25, 0.3) is 0 Å². The molecule has 8 heteroatoms. The minimum atomic E-state index is -0.378. The predicted octanol–water partition coefficient (Wildman–Crippen LogP) is 3.86. The number of thioether (sulfide) groups is 1. The molecule has 0 aliphatic heterocycles. The van der Waals surface area contributed by atoms with E-state index in [0.29, 0.717) is 22.4 Å². The maximum atomic E-state index is 12.4. The average molecular weight is 395 g/mol. The molecule has 1 heterocycles. The smallest absolute Gasteiger partial charge is 0.237 e. The molecule has 0 saturated carbocycles. The van der Waals surface area contributed by atoms with Gasteiger partial charge in [-0.05, 0) is 38.1 Å². The number of H-pyrrole nitrogens is 1. The van der Waals surface area contributed by atoms with Crippen LogP contribution in [0.25, 0.3) is 11.4 Å². The zero-order chi connectivity index (χ0) is 20.1. The van der Waals surface area contributed by atoms with Gasteiger partial charge in [0.2, 0.25) is 17.0 Å². The van der Waals surface area contributed by atoms with Gasteiger partial charge < -0.3 is 10.6 Å². The lowest BCUT2D eigenvalue weighted by Crippen LogP contribution is -2.22. The molecule has 1 aromatic heterocycles. The van der Waals surface area contributed by atoms with Crippen molar-refractivity contribution >= 4 is 35.0 Å². The molecule has 0 aliphatic carbocycles. The minimum absolute atomic E-state index is 0.140. The van der Waals surface area contributed by atoms with Crippen molar-refractivity contribution in [2.45, 2.75) is 31.2 Å². The van der Waals surface area contributed by atoms with Crippen LogP contribution in [0.1, 0.15) is 19.4 Å². The first kappa shape index (κ1) is 19.6. The molecule has 0 fully saturated rings. The molecule has 7 nitrogen and oxygen atoms in total. The van der Waals surface area contributed by atoms with Gasteiger partial charge in [-0.2, -0.15) is 0 Å². The second-order valence-corrected chi connectivity index (χ2v) is 7.65. The molecule has 144 valence electrons. The molecule has 28 heavy (non-hydrogen) atoms. The van der Waals surface area contributed by atoms with Crippen LogP contribution in [0, 0.1) is 6.92 Å². The molecule has 0 aliphatic rings. The van der Waals surface area contributed by atoms with Gasteiger partial charge in [0.15, 0.2) is 5.82 Å². The molecule has 3 rings (SSSR count). The summed E-state index contributed by atoms with van der Waals surface area (Å²) in [6, 6.07) is 14.9. The van der Waals surface area contributed by atoms with E-state index in [9.17, 15) is 9.59 Å². The van der Waals surface area contributed by atoms with Crippen molar-refractivity contribution in [3.63, 3.8) is 0 Å². The maximum absolute atomic E-state index is 12.4. The summed E-state index contributed by atoms with van der Waals surface area (Å²) >= 11 is 1.28. The van der Waals surface area contributed by atoms with Gasteiger partial charge in [0.05, 0.1) is 5.25 Å². The standard InChI is InChI=1S/C20H21N5O2S/c1-12-4-6-15(7-5-12)18-23-20(25-24-18)28-13(2)19(27)22-17-10-8-16(9-11-17)21-14(3)26/h4-11,13H,1-3H3,(H,21,26)(H,22,27)(H,23,24,25). The van der Waals surface area contributed by atoms with Crippen molar-refractivity contribution in [2.75, 3.05) is 10.6 Å². The van der Waals surface area contributed by atoms with Crippen molar-refractivity contribution in [1.29, 1.82) is 0 Å². The quantitative estimate of drug-likeness (QED) is 0.551. The summed E-state index contributed by atoms with van der Waals surface area (Å²) in [5, 5.41) is 12.8. The second kappa shape index (κ2) is 8.71. The summed E-state index contributed by atoms with van der Waals surface area (Å²) in [5.41, 5.74) is 3.45. The molecule has 2 aromatic carbocycles. The van der Waals surface area contributed by atoms with Crippen molar-refractivity contribution in [1.82, 2.24) is 15.2 Å². The Morgan fingerprint density at radius 3 is 2.21 bits per heavy atom. The molecule has 1 unspecified atom stereocenters. The third kappa shape index (κ3) is 5.20. The fourth-order valence-corrected chi connectivity index (χ4v) is 3.16. The van der Waals surface area contributed by atoms with E-state index in [1.54, 1.807) is 31.2 Å². The monoisotopic (exact) mass is 395 g/mol. The lowest BCUT2D eigenvalue weighted by atomic mass is 10.1. The average Bonchev–Trinajstić information content (AvgIpc) is 3.12. The first-order chi connectivity index (χ1) is 13.4. The molecule has 3 N–H and O–H groups in total. The lowest BCUT2D eigenvalue weighted by molar-refractivity contribution is -0.115. The van der Waals surface area contributed by atoms with Crippen LogP contribution in [0.4, 0.5) is 11.4 Å². The highest BCUT2D eigenvalue weighted by Crippen LogP contribution is 2.24. The van der Waals surface area contributed by atoms with E-state index >= 15 is 0 Å². The van der Waals surface area contributed by atoms with E-state index < -0.39 is 0 Å². The summed E-state index contributed by atoms with van der Waals surface area (Å²) in [6.07, 6.45) is 0. The third-order valence-electron chi connectivity index (χ3n) is 3.91. The highest BCUT2D eigenvalue weighted by molar-refractivity contribution is 8.00. The topological polar surface area (TPSA) is 99.8 Å². The van der Waals surface area contributed by atoms with E-state index in [4.69, 9.17) is 0 Å². The van der Waals surface area contributed by atoms with Gasteiger partial charge in [-0.25, -0.2) is 4.98 Å². The lowest BCUT2D eigenvalue weighted by Gasteiger charge is -2.10. The SMILES string of the molecule is CC(=O)Nc1ccc(NC(=O)C(C)Sc2n[nH]c(-c3ccc(C)cc3)n2)cc1. The number of carbonyl (C=O) groups is 2. The number of hydrogen-bond acceptors (Lipinski definition) is 5. The van der Waals surface area contributed by atoms with Gasteiger partial charge in [0.1, 0.15) is 0 Å². The van der Waals surface area contributed by atoms with E-state index in [1.165, 1.54) is 24.2 Å². The van der Waals surface area contributed by atoms with Crippen molar-refractivity contribution in [3.8, 4) is 11.4 Å². The van der Waals surface area contributed by atoms with Crippen LogP contribution in [-0.4, -0.2) is 32.2 Å². The normalized spacial score (nSPS) is 11.7. The van der Waals surface area contributed by atoms with Gasteiger partial charge in [-0.1, -0.05) is 41.6 Å². The van der Waals surface area contributed by atoms with Crippen LogP contribution in [-0.2, 0) is 9.59 Å². The van der Waals surface area contributed by atoms with E-state index in [-0.39, 0.29) is 17.1 Å². The van der Waals surface area contributed by atoms with Gasteiger partial charge in [0, 0.05) is 23.9 Å². The minimum Gasteiger partial charge on any atom is -0.326 e. The van der Waals surface area contributed by atoms with Crippen molar-refractivity contribution in [2.24, 2.45) is 0 Å². The highest BCUT2D eigenvalue weighted by atomic mass is 32.2. The second-order valence-electron chi connectivity index (χ2n) is 6.34. The van der Waals surface area contributed by atoms with Crippen LogP contribution in [0.2, 0.25) is 0 Å². The molecule has 0 radical (unpaired) electrons. The maximum Gasteiger partial charge on any atom is 0.237 e. The Labute approximate surface area is 167 Å². The van der Waals surface area contributed by atoms with Crippen LogP contribution in [0.5, 0.6) is 0 Å². The van der Waals surface area contributed by atoms with Crippen molar-refractivity contribution in [3.05, 3.63) is 54.1 Å². The van der Waals surface area contributed by atoms with Crippen molar-refractivity contribution < 1.29 is 9.59 Å². The number of benzene rings is 2. The van der Waals surface area contributed by atoms with Gasteiger partial charge in [-0.3, -0.25) is 14.7 Å². The predicted molar refractivity (Wildman–Crippen MR) is 111 cm³/mol. The fraction of sp³-hybridized carbons (Fsp3) is 0.200. The molecule has 0 spiro atoms. The molecule has 2 amide bonds. The number of aryl methyl sites for hydroxylation is 1. The summed E-state index contributed by atoms with van der Waals surface area (Å²) in [4.78, 5) is 27.9. The first-order valence-corrected chi connectivity index (χ1v) is 9.63. The Kier molecular flexibility index (Phi) is 6.10. The van der Waals surface area contributed by atoms with E-state index in [2.05, 4.69) is 25.8 Å². The summed E-state index contributed by atoms with van der Waals surface area (Å²) < 4.78 is 0. The number of rotatable bonds is 6. The number of amides is 2. The third-order valence-corrected chi connectivity index (χ3v) is 4.88. The molecule has 1 atom stereocenters. The Balaban J connectivity index is 1.58. The molecule has 0 bridgehead atoms. The zero-order valence-corrected chi connectivity index (χ0v) is 16.6. The van der Waals surface area contributed by atoms with Gasteiger partial charge in [-0.15, -0.1) is 5.10 Å². The summed E-state index contributed by atoms with van der Waals surface area (Å²) in [5.74, 6) is 0.376. The number of aromatic amines is 1. The number of carbonyl (C=O) groups excluding carboxylic acids is 2. The largest absolute Gasteiger partial charge is 0.326 e. The van der Waals surface area contributed by atoms with E-state index in [1.807, 2.05) is 31.2 Å². The number of hydrogen-bond donors (Lipinski definition) is 3. The van der Waals surface area contributed by atoms with Crippen LogP contribution in [0.15, 0.2) is 53.7 Å². The Bertz CT molecular complexity index is 967. The summed E-state index contributed by atoms with van der Waals surface area (Å²) in [6.45, 7) is 5.27.